The van der Waals surface area contributed by atoms with Crippen molar-refractivity contribution < 1.29 is 14.3 Å². The predicted molar refractivity (Wildman–Crippen MR) is 106 cm³/mol. The summed E-state index contributed by atoms with van der Waals surface area (Å²) in [4.78, 5) is 26.9. The maximum absolute atomic E-state index is 12.4. The Hall–Kier alpha value is -2.86. The van der Waals surface area contributed by atoms with E-state index in [-0.39, 0.29) is 11.7 Å². The fourth-order valence-corrected chi connectivity index (χ4v) is 3.24. The SMILES string of the molecule is CC(c1cc(CCN(C)C(=O)O)c2c(c1)oc(=O)c1ccccc12)N(C)C. The minimum atomic E-state index is -0.964. The van der Waals surface area contributed by atoms with Crippen molar-refractivity contribution in [3.63, 3.8) is 0 Å². The summed E-state index contributed by atoms with van der Waals surface area (Å²) in [7, 11) is 5.53. The number of hydrogen-bond acceptors (Lipinski definition) is 4. The van der Waals surface area contributed by atoms with Gasteiger partial charge in [-0.3, -0.25) is 0 Å². The maximum Gasteiger partial charge on any atom is 0.407 e. The molecule has 1 unspecified atom stereocenters. The zero-order chi connectivity index (χ0) is 19.7. The van der Waals surface area contributed by atoms with Crippen LogP contribution in [0.3, 0.4) is 0 Å². The summed E-state index contributed by atoms with van der Waals surface area (Å²) in [6, 6.07) is 11.5. The normalized spacial score (nSPS) is 12.6. The van der Waals surface area contributed by atoms with Crippen molar-refractivity contribution in [1.82, 2.24) is 9.80 Å². The second-order valence-electron chi connectivity index (χ2n) is 7.08. The highest BCUT2D eigenvalue weighted by Crippen LogP contribution is 2.31. The Balaban J connectivity index is 2.25. The molecule has 0 aliphatic heterocycles. The summed E-state index contributed by atoms with van der Waals surface area (Å²) in [5, 5.41) is 11.4. The van der Waals surface area contributed by atoms with Gasteiger partial charge in [-0.2, -0.15) is 0 Å². The molecular formula is C21H24N2O4. The lowest BCUT2D eigenvalue weighted by Gasteiger charge is -2.22. The molecule has 142 valence electrons. The summed E-state index contributed by atoms with van der Waals surface area (Å²) in [5.41, 5.74) is 2.18. The van der Waals surface area contributed by atoms with Gasteiger partial charge in [0.05, 0.1) is 5.39 Å². The van der Waals surface area contributed by atoms with Gasteiger partial charge in [0.1, 0.15) is 5.58 Å². The Labute approximate surface area is 157 Å². The van der Waals surface area contributed by atoms with E-state index < -0.39 is 6.09 Å². The number of nitrogens with zero attached hydrogens (tertiary/aromatic N) is 2. The van der Waals surface area contributed by atoms with Gasteiger partial charge in [0.25, 0.3) is 0 Å². The Bertz CT molecular complexity index is 1060. The first kappa shape index (κ1) is 18.9. The fraction of sp³-hybridized carbons (Fsp3) is 0.333. The molecule has 3 aromatic rings. The largest absolute Gasteiger partial charge is 0.465 e. The van der Waals surface area contributed by atoms with E-state index in [1.807, 2.05) is 38.4 Å². The van der Waals surface area contributed by atoms with Gasteiger partial charge in [-0.15, -0.1) is 0 Å². The molecule has 6 nitrogen and oxygen atoms in total. The lowest BCUT2D eigenvalue weighted by atomic mass is 9.95. The maximum atomic E-state index is 12.4. The molecule has 0 radical (unpaired) electrons. The monoisotopic (exact) mass is 368 g/mol. The molecule has 0 saturated heterocycles. The van der Waals surface area contributed by atoms with Crippen LogP contribution in [0.15, 0.2) is 45.6 Å². The van der Waals surface area contributed by atoms with E-state index in [2.05, 4.69) is 17.9 Å². The molecule has 27 heavy (non-hydrogen) atoms. The first-order valence-electron chi connectivity index (χ1n) is 8.88. The highest BCUT2D eigenvalue weighted by atomic mass is 16.4. The number of rotatable bonds is 5. The molecule has 3 rings (SSSR count). The van der Waals surface area contributed by atoms with Crippen LogP contribution in [0.1, 0.15) is 24.1 Å². The topological polar surface area (TPSA) is 74.0 Å². The van der Waals surface area contributed by atoms with E-state index in [9.17, 15) is 9.59 Å². The van der Waals surface area contributed by atoms with Crippen molar-refractivity contribution in [2.24, 2.45) is 0 Å². The van der Waals surface area contributed by atoms with Crippen molar-refractivity contribution in [3.8, 4) is 0 Å². The van der Waals surface area contributed by atoms with Crippen LogP contribution < -0.4 is 5.63 Å². The number of benzene rings is 2. The van der Waals surface area contributed by atoms with Crippen LogP contribution in [0.5, 0.6) is 0 Å². The second-order valence-corrected chi connectivity index (χ2v) is 7.08. The molecule has 1 heterocycles. The molecule has 1 N–H and O–H groups in total. The Morgan fingerprint density at radius 2 is 1.81 bits per heavy atom. The van der Waals surface area contributed by atoms with Crippen LogP contribution >= 0.6 is 0 Å². The van der Waals surface area contributed by atoms with Crippen LogP contribution in [0.2, 0.25) is 0 Å². The number of amides is 1. The van der Waals surface area contributed by atoms with Crippen LogP contribution in [-0.2, 0) is 6.42 Å². The number of hydrogen-bond donors (Lipinski definition) is 1. The average molecular weight is 368 g/mol. The van der Waals surface area contributed by atoms with E-state index in [0.717, 1.165) is 21.9 Å². The van der Waals surface area contributed by atoms with Gasteiger partial charge in [0.15, 0.2) is 0 Å². The van der Waals surface area contributed by atoms with Gasteiger partial charge in [-0.1, -0.05) is 24.3 Å². The zero-order valence-corrected chi connectivity index (χ0v) is 16.0. The van der Waals surface area contributed by atoms with E-state index in [4.69, 9.17) is 9.52 Å². The first-order valence-corrected chi connectivity index (χ1v) is 8.88. The number of fused-ring (bicyclic) bond motifs is 3. The molecule has 2 aromatic carbocycles. The summed E-state index contributed by atoms with van der Waals surface area (Å²) < 4.78 is 5.64. The molecule has 0 spiro atoms. The summed E-state index contributed by atoms with van der Waals surface area (Å²) in [6.45, 7) is 2.44. The minimum absolute atomic E-state index is 0.127. The fourth-order valence-electron chi connectivity index (χ4n) is 3.24. The van der Waals surface area contributed by atoms with Gasteiger partial charge < -0.3 is 19.3 Å². The van der Waals surface area contributed by atoms with Crippen LogP contribution in [-0.4, -0.2) is 48.7 Å². The summed E-state index contributed by atoms with van der Waals surface area (Å²) in [5.74, 6) is 0. The molecule has 0 fully saturated rings. The smallest absolute Gasteiger partial charge is 0.407 e. The molecule has 0 aliphatic carbocycles. The standard InChI is InChI=1S/C21H24N2O4/c1-13(22(2)3)15-11-14(9-10-23(4)21(25)26)19-16-7-5-6-8-17(16)20(24)27-18(19)12-15/h5-8,11-13H,9-10H2,1-4H3,(H,25,26). The van der Waals surface area contributed by atoms with Crippen LogP contribution in [0.4, 0.5) is 4.79 Å². The summed E-state index contributed by atoms with van der Waals surface area (Å²) in [6.07, 6.45) is -0.432. The van der Waals surface area contributed by atoms with Crippen molar-refractivity contribution in [2.45, 2.75) is 19.4 Å². The third kappa shape index (κ3) is 3.66. The van der Waals surface area contributed by atoms with Crippen molar-refractivity contribution in [1.29, 1.82) is 0 Å². The van der Waals surface area contributed by atoms with Gasteiger partial charge >= 0.3 is 11.7 Å². The molecular weight excluding hydrogens is 344 g/mol. The van der Waals surface area contributed by atoms with Gasteiger partial charge in [0, 0.05) is 30.4 Å². The molecule has 0 saturated carbocycles. The summed E-state index contributed by atoms with van der Waals surface area (Å²) >= 11 is 0. The molecule has 1 atom stereocenters. The molecule has 1 aromatic heterocycles. The first-order chi connectivity index (χ1) is 12.8. The Morgan fingerprint density at radius 1 is 1.15 bits per heavy atom. The predicted octanol–water partition coefficient (Wildman–Crippen LogP) is 3.72. The van der Waals surface area contributed by atoms with Gasteiger partial charge in [-0.25, -0.2) is 9.59 Å². The molecule has 0 aliphatic rings. The molecule has 6 heteroatoms. The molecule has 1 amide bonds. The van der Waals surface area contributed by atoms with E-state index in [1.165, 1.54) is 4.90 Å². The minimum Gasteiger partial charge on any atom is -0.465 e. The highest BCUT2D eigenvalue weighted by Gasteiger charge is 2.17. The number of carboxylic acid groups (broad SMARTS) is 1. The van der Waals surface area contributed by atoms with E-state index in [0.29, 0.717) is 23.9 Å². The van der Waals surface area contributed by atoms with Crippen molar-refractivity contribution >= 4 is 27.8 Å². The Morgan fingerprint density at radius 3 is 2.44 bits per heavy atom. The van der Waals surface area contributed by atoms with Gasteiger partial charge in [-0.05, 0) is 50.7 Å². The number of carbonyl (C=O) groups is 1. The van der Waals surface area contributed by atoms with Gasteiger partial charge in [0.2, 0.25) is 0 Å². The highest BCUT2D eigenvalue weighted by molar-refractivity contribution is 6.06. The quantitative estimate of drug-likeness (QED) is 0.549. The van der Waals surface area contributed by atoms with Crippen molar-refractivity contribution in [3.05, 3.63) is 57.9 Å². The zero-order valence-electron chi connectivity index (χ0n) is 16.0. The average Bonchev–Trinajstić information content (AvgIpc) is 2.64. The lowest BCUT2D eigenvalue weighted by molar-refractivity contribution is 0.156. The third-order valence-electron chi connectivity index (χ3n) is 5.13. The second kappa shape index (κ2) is 7.40. The van der Waals surface area contributed by atoms with Crippen LogP contribution in [0, 0.1) is 0 Å². The number of likely N-dealkylation sites (N-methyl/N-ethyl adjacent to an activating group) is 1. The Kier molecular flexibility index (Phi) is 5.19. The van der Waals surface area contributed by atoms with Crippen LogP contribution in [0.25, 0.3) is 21.7 Å². The van der Waals surface area contributed by atoms with E-state index >= 15 is 0 Å². The molecule has 0 bridgehead atoms. The van der Waals surface area contributed by atoms with Crippen molar-refractivity contribution in [2.75, 3.05) is 27.7 Å². The lowest BCUT2D eigenvalue weighted by Crippen LogP contribution is -2.27. The third-order valence-corrected chi connectivity index (χ3v) is 5.13. The van der Waals surface area contributed by atoms with E-state index in [1.54, 1.807) is 13.1 Å².